The monoisotopic (exact) mass is 498 g/mol. The molecule has 3 aliphatic rings. The Kier molecular flexibility index (Phi) is 5.22. The SMILES string of the molecule is CC1(C)C[C@@H](n2[nH]c(=O)c3c2NC(=O)CS[C@H]3c2cc3cc4c(cc3[nH]c2=O)OCCO4)CCO1. The maximum Gasteiger partial charge on any atom is 0.270 e. The van der Waals surface area contributed by atoms with Gasteiger partial charge in [-0.05, 0) is 38.8 Å². The van der Waals surface area contributed by atoms with E-state index in [4.69, 9.17) is 14.2 Å². The van der Waals surface area contributed by atoms with Crippen LogP contribution in [0, 0.1) is 0 Å². The molecule has 184 valence electrons. The van der Waals surface area contributed by atoms with Gasteiger partial charge < -0.3 is 24.5 Å². The minimum absolute atomic E-state index is 0.0437. The van der Waals surface area contributed by atoms with Gasteiger partial charge in [-0.15, -0.1) is 11.8 Å². The van der Waals surface area contributed by atoms with E-state index in [1.807, 2.05) is 19.9 Å². The quantitative estimate of drug-likeness (QED) is 0.496. The standard InChI is InChI=1S/C24H26N4O6S/c1-24(2)10-13(3-4-34-24)28-21-19(23(31)27-28)20(35-11-18(29)26-21)14-7-12-8-16-17(33-6-5-32-16)9-15(12)25-22(14)30/h7-9,13,20H,3-6,10-11H2,1-2H3,(H,25,30)(H,26,29)(H,27,31)/t13-,20-/m0/s1. The summed E-state index contributed by atoms with van der Waals surface area (Å²) in [5, 5.41) is 5.99. The van der Waals surface area contributed by atoms with E-state index in [0.29, 0.717) is 66.6 Å². The van der Waals surface area contributed by atoms with Crippen LogP contribution in [0.15, 0.2) is 27.8 Å². The number of hydrogen-bond donors (Lipinski definition) is 3. The number of benzene rings is 1. The predicted molar refractivity (Wildman–Crippen MR) is 132 cm³/mol. The molecule has 0 radical (unpaired) electrons. The van der Waals surface area contributed by atoms with Gasteiger partial charge >= 0.3 is 0 Å². The molecule has 3 aliphatic heterocycles. The van der Waals surface area contributed by atoms with Gasteiger partial charge in [-0.3, -0.25) is 24.2 Å². The number of hydrogen-bond acceptors (Lipinski definition) is 7. The maximum absolute atomic E-state index is 13.3. The Bertz CT molecular complexity index is 1450. The Morgan fingerprint density at radius 3 is 2.57 bits per heavy atom. The minimum Gasteiger partial charge on any atom is -0.486 e. The number of H-pyrrole nitrogens is 2. The summed E-state index contributed by atoms with van der Waals surface area (Å²) < 4.78 is 18.9. The molecule has 0 spiro atoms. The number of pyridine rings is 1. The van der Waals surface area contributed by atoms with Crippen LogP contribution in [0.3, 0.4) is 0 Å². The normalized spacial score (nSPS) is 23.4. The number of fused-ring (bicyclic) bond motifs is 3. The molecule has 10 nitrogen and oxygen atoms in total. The third-order valence-corrected chi connectivity index (χ3v) is 7.97. The van der Waals surface area contributed by atoms with Crippen molar-refractivity contribution in [3.63, 3.8) is 0 Å². The van der Waals surface area contributed by atoms with E-state index in [-0.39, 0.29) is 34.4 Å². The van der Waals surface area contributed by atoms with Crippen LogP contribution in [0.2, 0.25) is 0 Å². The molecule has 6 rings (SSSR count). The fourth-order valence-corrected chi connectivity index (χ4v) is 6.27. The average Bonchev–Trinajstić information content (AvgIpc) is 3.02. The molecule has 5 heterocycles. The molecular weight excluding hydrogens is 472 g/mol. The number of ether oxygens (including phenoxy) is 3. The topological polar surface area (TPSA) is 127 Å². The molecule has 1 amide bonds. The van der Waals surface area contributed by atoms with Crippen molar-refractivity contribution in [2.45, 2.75) is 43.6 Å². The van der Waals surface area contributed by atoms with E-state index < -0.39 is 5.25 Å². The highest BCUT2D eigenvalue weighted by molar-refractivity contribution is 8.00. The highest BCUT2D eigenvalue weighted by Crippen LogP contribution is 2.42. The van der Waals surface area contributed by atoms with Crippen molar-refractivity contribution in [2.24, 2.45) is 0 Å². The molecule has 1 aromatic carbocycles. The number of nitrogens with one attached hydrogen (secondary N) is 3. The van der Waals surface area contributed by atoms with Gasteiger partial charge in [0.1, 0.15) is 19.0 Å². The number of carbonyl (C=O) groups is 1. The van der Waals surface area contributed by atoms with Crippen LogP contribution in [0.4, 0.5) is 5.82 Å². The summed E-state index contributed by atoms with van der Waals surface area (Å²) in [4.78, 5) is 42.1. The number of amides is 1. The van der Waals surface area contributed by atoms with Crippen LogP contribution in [-0.2, 0) is 9.53 Å². The summed E-state index contributed by atoms with van der Waals surface area (Å²) >= 11 is 1.27. The summed E-state index contributed by atoms with van der Waals surface area (Å²) in [6.07, 6.45) is 1.39. The summed E-state index contributed by atoms with van der Waals surface area (Å²) in [6.45, 7) is 5.49. The van der Waals surface area contributed by atoms with Crippen molar-refractivity contribution < 1.29 is 19.0 Å². The van der Waals surface area contributed by atoms with Crippen molar-refractivity contribution >= 4 is 34.4 Å². The largest absolute Gasteiger partial charge is 0.486 e. The first kappa shape index (κ1) is 22.3. The molecule has 0 saturated carbocycles. The number of aromatic amines is 2. The summed E-state index contributed by atoms with van der Waals surface area (Å²) in [7, 11) is 0. The smallest absolute Gasteiger partial charge is 0.270 e. The number of aromatic nitrogens is 3. The van der Waals surface area contributed by atoms with Gasteiger partial charge in [-0.1, -0.05) is 0 Å². The molecule has 11 heteroatoms. The molecule has 3 N–H and O–H groups in total. The minimum atomic E-state index is -0.622. The van der Waals surface area contributed by atoms with Crippen LogP contribution in [0.1, 0.15) is 49.1 Å². The van der Waals surface area contributed by atoms with Gasteiger partial charge in [0, 0.05) is 23.6 Å². The Morgan fingerprint density at radius 1 is 1.03 bits per heavy atom. The second-order valence-electron chi connectivity index (χ2n) is 9.70. The number of rotatable bonds is 2. The van der Waals surface area contributed by atoms with Gasteiger partial charge in [-0.25, -0.2) is 0 Å². The van der Waals surface area contributed by atoms with Crippen molar-refractivity contribution in [1.82, 2.24) is 14.8 Å². The molecule has 0 bridgehead atoms. The second-order valence-corrected chi connectivity index (χ2v) is 10.8. The first-order valence-electron chi connectivity index (χ1n) is 11.7. The molecule has 1 saturated heterocycles. The Balaban J connectivity index is 1.48. The highest BCUT2D eigenvalue weighted by Gasteiger charge is 2.36. The number of carbonyl (C=O) groups excluding carboxylic acids is 1. The van der Waals surface area contributed by atoms with Crippen LogP contribution in [0.25, 0.3) is 10.9 Å². The third-order valence-electron chi connectivity index (χ3n) is 6.72. The van der Waals surface area contributed by atoms with Crippen LogP contribution in [0.5, 0.6) is 11.5 Å². The van der Waals surface area contributed by atoms with Crippen LogP contribution >= 0.6 is 11.8 Å². The van der Waals surface area contributed by atoms with Crippen molar-refractivity contribution in [3.05, 3.63) is 50.0 Å². The Labute approximate surface area is 204 Å². The highest BCUT2D eigenvalue weighted by atomic mass is 32.2. The molecule has 0 aliphatic carbocycles. The van der Waals surface area contributed by atoms with Gasteiger partial charge in [0.2, 0.25) is 5.91 Å². The first-order valence-corrected chi connectivity index (χ1v) is 12.7. The Morgan fingerprint density at radius 2 is 1.80 bits per heavy atom. The zero-order valence-electron chi connectivity index (χ0n) is 19.4. The summed E-state index contributed by atoms with van der Waals surface area (Å²) in [5.74, 6) is 1.53. The molecular formula is C24H26N4O6S. The average molecular weight is 499 g/mol. The van der Waals surface area contributed by atoms with E-state index in [9.17, 15) is 14.4 Å². The molecule has 3 aromatic rings. The fourth-order valence-electron chi connectivity index (χ4n) is 5.14. The molecule has 2 atom stereocenters. The lowest BCUT2D eigenvalue weighted by Crippen LogP contribution is -2.36. The van der Waals surface area contributed by atoms with Crippen LogP contribution < -0.4 is 25.9 Å². The number of anilines is 1. The van der Waals surface area contributed by atoms with Gasteiger partial charge in [0.05, 0.1) is 33.7 Å². The Hall–Kier alpha value is -3.18. The third kappa shape index (κ3) is 3.92. The second kappa shape index (κ2) is 8.20. The lowest BCUT2D eigenvalue weighted by Gasteiger charge is -2.36. The van der Waals surface area contributed by atoms with Crippen molar-refractivity contribution in [3.8, 4) is 11.5 Å². The number of thioether (sulfide) groups is 1. The van der Waals surface area contributed by atoms with E-state index >= 15 is 0 Å². The molecule has 35 heavy (non-hydrogen) atoms. The molecule has 0 unspecified atom stereocenters. The lowest BCUT2D eigenvalue weighted by atomic mass is 9.94. The van der Waals surface area contributed by atoms with E-state index in [1.165, 1.54) is 11.8 Å². The van der Waals surface area contributed by atoms with Gasteiger partial charge in [0.25, 0.3) is 11.1 Å². The summed E-state index contributed by atoms with van der Waals surface area (Å²) in [5.41, 5.74) is 0.435. The molecule has 2 aromatic heterocycles. The first-order chi connectivity index (χ1) is 16.8. The molecule has 1 fully saturated rings. The zero-order chi connectivity index (χ0) is 24.3. The van der Waals surface area contributed by atoms with E-state index in [0.717, 1.165) is 5.39 Å². The predicted octanol–water partition coefficient (Wildman–Crippen LogP) is 2.69. The fraction of sp³-hybridized carbons (Fsp3) is 0.458. The summed E-state index contributed by atoms with van der Waals surface area (Å²) in [6, 6.07) is 5.31. The van der Waals surface area contributed by atoms with Gasteiger partial charge in [0.15, 0.2) is 11.5 Å². The van der Waals surface area contributed by atoms with Gasteiger partial charge in [-0.2, -0.15) is 0 Å². The lowest BCUT2D eigenvalue weighted by molar-refractivity contribution is -0.113. The van der Waals surface area contributed by atoms with Crippen molar-refractivity contribution in [2.75, 3.05) is 30.9 Å². The van der Waals surface area contributed by atoms with Crippen molar-refractivity contribution in [1.29, 1.82) is 0 Å². The number of nitrogens with zero attached hydrogens (tertiary/aromatic N) is 1. The van der Waals surface area contributed by atoms with E-state index in [1.54, 1.807) is 16.8 Å². The van der Waals surface area contributed by atoms with E-state index in [2.05, 4.69) is 15.4 Å². The maximum atomic E-state index is 13.3. The van der Waals surface area contributed by atoms with Crippen LogP contribution in [-0.4, -0.2) is 51.8 Å². The zero-order valence-corrected chi connectivity index (χ0v) is 20.3.